The fourth-order valence-corrected chi connectivity index (χ4v) is 2.53. The van der Waals surface area contributed by atoms with Gasteiger partial charge in [-0.3, -0.25) is 0 Å². The van der Waals surface area contributed by atoms with Crippen LogP contribution in [0.15, 0.2) is 18.2 Å². The summed E-state index contributed by atoms with van der Waals surface area (Å²) in [5, 5.41) is 10.2. The number of benzene rings is 1. The van der Waals surface area contributed by atoms with E-state index in [1.807, 2.05) is 20.0 Å². The van der Waals surface area contributed by atoms with E-state index >= 15 is 0 Å². The summed E-state index contributed by atoms with van der Waals surface area (Å²) in [5.41, 5.74) is 3.67. The van der Waals surface area contributed by atoms with Gasteiger partial charge in [-0.05, 0) is 30.5 Å². The van der Waals surface area contributed by atoms with Gasteiger partial charge in [0.2, 0.25) is 0 Å². The Morgan fingerprint density at radius 3 is 2.53 bits per heavy atom. The predicted molar refractivity (Wildman–Crippen MR) is 68.7 cm³/mol. The van der Waals surface area contributed by atoms with Crippen molar-refractivity contribution >= 4 is 16.9 Å². The first-order valence-electron chi connectivity index (χ1n) is 5.76. The van der Waals surface area contributed by atoms with Crippen LogP contribution in [-0.4, -0.2) is 15.6 Å². The Balaban J connectivity index is 2.97. The lowest BCUT2D eigenvalue weighted by Crippen LogP contribution is -1.99. The second-order valence-electron chi connectivity index (χ2n) is 4.72. The highest BCUT2D eigenvalue weighted by Crippen LogP contribution is 2.33. The van der Waals surface area contributed by atoms with E-state index in [-0.39, 0.29) is 0 Å². The maximum atomic E-state index is 11.3. The molecule has 2 aromatic rings. The van der Waals surface area contributed by atoms with E-state index in [1.54, 1.807) is 12.1 Å². The van der Waals surface area contributed by atoms with Crippen molar-refractivity contribution in [2.24, 2.45) is 7.05 Å². The van der Waals surface area contributed by atoms with Crippen LogP contribution in [-0.2, 0) is 7.05 Å². The van der Waals surface area contributed by atoms with Crippen LogP contribution in [0.4, 0.5) is 0 Å². The van der Waals surface area contributed by atoms with E-state index < -0.39 is 5.97 Å². The average molecular weight is 231 g/mol. The topological polar surface area (TPSA) is 42.2 Å². The van der Waals surface area contributed by atoms with Crippen molar-refractivity contribution in [1.29, 1.82) is 0 Å². The molecular formula is C14H17NO2. The summed E-state index contributed by atoms with van der Waals surface area (Å²) in [6.07, 6.45) is 0. The molecule has 0 atom stereocenters. The molecule has 3 heteroatoms. The summed E-state index contributed by atoms with van der Waals surface area (Å²) in [6.45, 7) is 6.24. The summed E-state index contributed by atoms with van der Waals surface area (Å²) in [7, 11) is 1.98. The molecule has 3 nitrogen and oxygen atoms in total. The minimum atomic E-state index is -0.858. The van der Waals surface area contributed by atoms with Crippen LogP contribution in [0.2, 0.25) is 0 Å². The first kappa shape index (κ1) is 11.7. The van der Waals surface area contributed by atoms with Gasteiger partial charge in [0.15, 0.2) is 0 Å². The molecule has 2 rings (SSSR count). The molecule has 0 amide bonds. The standard InChI is InChI=1S/C14H17NO2/c1-8(2)12-9(3)15(4)11-7-5-6-10(13(11)12)14(16)17/h5-8H,1-4H3,(H,16,17). The Hall–Kier alpha value is -1.77. The third-order valence-electron chi connectivity index (χ3n) is 3.37. The molecule has 0 unspecified atom stereocenters. The monoisotopic (exact) mass is 231 g/mol. The molecule has 0 aliphatic rings. The first-order chi connectivity index (χ1) is 7.95. The third-order valence-corrected chi connectivity index (χ3v) is 3.37. The lowest BCUT2D eigenvalue weighted by Gasteiger charge is -2.07. The minimum Gasteiger partial charge on any atom is -0.478 e. The number of hydrogen-bond donors (Lipinski definition) is 1. The number of fused-ring (bicyclic) bond motifs is 1. The van der Waals surface area contributed by atoms with Crippen LogP contribution >= 0.6 is 0 Å². The van der Waals surface area contributed by atoms with Crippen LogP contribution in [0, 0.1) is 6.92 Å². The van der Waals surface area contributed by atoms with Crippen LogP contribution < -0.4 is 0 Å². The largest absolute Gasteiger partial charge is 0.478 e. The molecule has 17 heavy (non-hydrogen) atoms. The molecule has 1 aromatic carbocycles. The van der Waals surface area contributed by atoms with E-state index in [1.165, 1.54) is 0 Å². The van der Waals surface area contributed by atoms with Gasteiger partial charge in [0.25, 0.3) is 0 Å². The van der Waals surface area contributed by atoms with Crippen molar-refractivity contribution in [3.05, 3.63) is 35.0 Å². The van der Waals surface area contributed by atoms with Gasteiger partial charge < -0.3 is 9.67 Å². The summed E-state index contributed by atoms with van der Waals surface area (Å²) < 4.78 is 2.07. The van der Waals surface area contributed by atoms with E-state index in [0.717, 1.165) is 22.2 Å². The van der Waals surface area contributed by atoms with E-state index in [2.05, 4.69) is 18.4 Å². The van der Waals surface area contributed by atoms with Crippen molar-refractivity contribution in [3.63, 3.8) is 0 Å². The van der Waals surface area contributed by atoms with E-state index in [0.29, 0.717) is 11.5 Å². The van der Waals surface area contributed by atoms with Crippen molar-refractivity contribution in [2.45, 2.75) is 26.7 Å². The van der Waals surface area contributed by atoms with Crippen molar-refractivity contribution in [3.8, 4) is 0 Å². The fourth-order valence-electron chi connectivity index (χ4n) is 2.53. The van der Waals surface area contributed by atoms with Gasteiger partial charge in [-0.15, -0.1) is 0 Å². The second-order valence-corrected chi connectivity index (χ2v) is 4.72. The number of aromatic nitrogens is 1. The third kappa shape index (κ3) is 1.62. The van der Waals surface area contributed by atoms with Crippen LogP contribution in [0.25, 0.3) is 10.9 Å². The predicted octanol–water partition coefficient (Wildman–Crippen LogP) is 3.31. The number of carbonyl (C=O) groups is 1. The Bertz CT molecular complexity index is 594. The molecule has 0 aliphatic carbocycles. The number of carboxylic acids is 1. The Morgan fingerprint density at radius 2 is 2.00 bits per heavy atom. The zero-order valence-corrected chi connectivity index (χ0v) is 10.6. The lowest BCUT2D eigenvalue weighted by atomic mass is 9.96. The number of nitrogens with zero attached hydrogens (tertiary/aromatic N) is 1. The maximum Gasteiger partial charge on any atom is 0.336 e. The highest BCUT2D eigenvalue weighted by Gasteiger charge is 2.19. The number of aryl methyl sites for hydroxylation is 1. The molecule has 0 aliphatic heterocycles. The van der Waals surface area contributed by atoms with Crippen molar-refractivity contribution in [2.75, 3.05) is 0 Å². The van der Waals surface area contributed by atoms with Gasteiger partial charge in [-0.1, -0.05) is 19.9 Å². The Labute approximate surface area is 101 Å². The van der Waals surface area contributed by atoms with E-state index in [9.17, 15) is 9.90 Å². The van der Waals surface area contributed by atoms with Gasteiger partial charge >= 0.3 is 5.97 Å². The molecule has 0 radical (unpaired) electrons. The SMILES string of the molecule is Cc1c(C(C)C)c2c(C(=O)O)cccc2n1C. The number of hydrogen-bond acceptors (Lipinski definition) is 1. The normalized spacial score (nSPS) is 11.4. The molecule has 1 N–H and O–H groups in total. The number of carboxylic acid groups (broad SMARTS) is 1. The minimum absolute atomic E-state index is 0.319. The zero-order valence-electron chi connectivity index (χ0n) is 10.6. The molecule has 90 valence electrons. The molecule has 0 saturated heterocycles. The fraction of sp³-hybridized carbons (Fsp3) is 0.357. The molecule has 1 aromatic heterocycles. The second kappa shape index (κ2) is 3.91. The Kier molecular flexibility index (Phi) is 2.69. The highest BCUT2D eigenvalue weighted by molar-refractivity contribution is 6.05. The van der Waals surface area contributed by atoms with Crippen LogP contribution in [0.1, 0.15) is 41.4 Å². The van der Waals surface area contributed by atoms with Crippen LogP contribution in [0.3, 0.4) is 0 Å². The Morgan fingerprint density at radius 1 is 1.35 bits per heavy atom. The summed E-state index contributed by atoms with van der Waals surface area (Å²) >= 11 is 0. The van der Waals surface area contributed by atoms with E-state index in [4.69, 9.17) is 0 Å². The molecular weight excluding hydrogens is 214 g/mol. The number of aromatic carboxylic acids is 1. The van der Waals surface area contributed by atoms with Crippen LogP contribution in [0.5, 0.6) is 0 Å². The van der Waals surface area contributed by atoms with Crippen molar-refractivity contribution < 1.29 is 9.90 Å². The van der Waals surface area contributed by atoms with Gasteiger partial charge in [-0.25, -0.2) is 4.79 Å². The first-order valence-corrected chi connectivity index (χ1v) is 5.76. The quantitative estimate of drug-likeness (QED) is 0.861. The highest BCUT2D eigenvalue weighted by atomic mass is 16.4. The molecule has 0 spiro atoms. The van der Waals surface area contributed by atoms with Gasteiger partial charge in [0, 0.05) is 23.6 Å². The summed E-state index contributed by atoms with van der Waals surface area (Å²) in [5.74, 6) is -0.540. The summed E-state index contributed by atoms with van der Waals surface area (Å²) in [6, 6.07) is 5.45. The molecule has 0 fully saturated rings. The summed E-state index contributed by atoms with van der Waals surface area (Å²) in [4.78, 5) is 11.3. The maximum absolute atomic E-state index is 11.3. The van der Waals surface area contributed by atoms with Gasteiger partial charge in [0.05, 0.1) is 5.56 Å². The van der Waals surface area contributed by atoms with Crippen molar-refractivity contribution in [1.82, 2.24) is 4.57 Å². The van der Waals surface area contributed by atoms with Gasteiger partial charge in [0.1, 0.15) is 0 Å². The lowest BCUT2D eigenvalue weighted by molar-refractivity contribution is 0.0699. The van der Waals surface area contributed by atoms with Gasteiger partial charge in [-0.2, -0.15) is 0 Å². The zero-order chi connectivity index (χ0) is 12.7. The number of rotatable bonds is 2. The molecule has 0 saturated carbocycles. The average Bonchev–Trinajstić information content (AvgIpc) is 2.51. The molecule has 0 bridgehead atoms. The molecule has 1 heterocycles. The smallest absolute Gasteiger partial charge is 0.336 e.